The second kappa shape index (κ2) is 5.20. The van der Waals surface area contributed by atoms with Crippen molar-refractivity contribution < 1.29 is 14.9 Å². The van der Waals surface area contributed by atoms with Crippen LogP contribution in [0.4, 0.5) is 0 Å². The summed E-state index contributed by atoms with van der Waals surface area (Å²) in [6, 6.07) is 1.85. The number of H-pyrrole nitrogens is 1. The molecule has 2 rings (SSSR count). The average molecular weight is 281 g/mol. The molecule has 1 saturated heterocycles. The predicted octanol–water partition coefficient (Wildman–Crippen LogP) is -1.23. The van der Waals surface area contributed by atoms with E-state index in [0.717, 1.165) is 4.57 Å². The van der Waals surface area contributed by atoms with Crippen molar-refractivity contribution in [3.63, 3.8) is 0 Å². The van der Waals surface area contributed by atoms with Crippen LogP contribution in [0.25, 0.3) is 0 Å². The molecule has 0 aliphatic carbocycles. The second-order valence-corrected chi connectivity index (χ2v) is 4.86. The Morgan fingerprint density at radius 1 is 1.65 bits per heavy atom. The molecule has 1 fully saturated rings. The SMILES string of the molecule is Cc1cn([C@H]2CC(O)[C@](CO)(CC#N)O2)c(=O)[nH]c1=O. The Labute approximate surface area is 113 Å². The number of aromatic amines is 1. The van der Waals surface area contributed by atoms with Crippen LogP contribution in [0.1, 0.15) is 24.6 Å². The molecular weight excluding hydrogens is 266 g/mol. The number of aliphatic hydroxyl groups is 2. The summed E-state index contributed by atoms with van der Waals surface area (Å²) < 4.78 is 6.68. The molecular formula is C12H15N3O5. The van der Waals surface area contributed by atoms with Gasteiger partial charge in [0.1, 0.15) is 11.8 Å². The lowest BCUT2D eigenvalue weighted by atomic mass is 9.94. The lowest BCUT2D eigenvalue weighted by Crippen LogP contribution is -2.43. The fourth-order valence-corrected chi connectivity index (χ4v) is 2.27. The second-order valence-electron chi connectivity index (χ2n) is 4.86. The van der Waals surface area contributed by atoms with Crippen molar-refractivity contribution in [2.75, 3.05) is 6.61 Å². The summed E-state index contributed by atoms with van der Waals surface area (Å²) in [6.07, 6.45) is -0.727. The fourth-order valence-electron chi connectivity index (χ4n) is 2.27. The van der Waals surface area contributed by atoms with Crippen LogP contribution in [0, 0.1) is 18.3 Å². The Kier molecular flexibility index (Phi) is 3.76. The molecule has 20 heavy (non-hydrogen) atoms. The molecule has 8 heteroatoms. The Balaban J connectivity index is 2.38. The molecule has 1 aromatic rings. The monoisotopic (exact) mass is 281 g/mol. The Morgan fingerprint density at radius 2 is 2.35 bits per heavy atom. The summed E-state index contributed by atoms with van der Waals surface area (Å²) in [7, 11) is 0. The number of nitrogens with one attached hydrogen (secondary N) is 1. The number of aromatic nitrogens is 2. The summed E-state index contributed by atoms with van der Waals surface area (Å²) in [5, 5.41) is 28.1. The first-order valence-electron chi connectivity index (χ1n) is 6.09. The molecule has 0 saturated carbocycles. The minimum Gasteiger partial charge on any atom is -0.393 e. The zero-order valence-corrected chi connectivity index (χ0v) is 10.9. The third-order valence-corrected chi connectivity index (χ3v) is 3.50. The van der Waals surface area contributed by atoms with Gasteiger partial charge in [-0.1, -0.05) is 0 Å². The highest BCUT2D eigenvalue weighted by Gasteiger charge is 2.48. The van der Waals surface area contributed by atoms with Crippen LogP contribution in [-0.2, 0) is 4.74 Å². The summed E-state index contributed by atoms with van der Waals surface area (Å²) >= 11 is 0. The molecule has 8 nitrogen and oxygen atoms in total. The molecule has 0 radical (unpaired) electrons. The first kappa shape index (κ1) is 14.5. The highest BCUT2D eigenvalue weighted by Crippen LogP contribution is 2.37. The smallest absolute Gasteiger partial charge is 0.330 e. The number of aryl methyl sites for hydroxylation is 1. The molecule has 0 bridgehead atoms. The molecule has 0 amide bonds. The van der Waals surface area contributed by atoms with Crippen molar-refractivity contribution in [2.45, 2.75) is 37.7 Å². The van der Waals surface area contributed by atoms with Gasteiger partial charge in [0.2, 0.25) is 0 Å². The zero-order chi connectivity index (χ0) is 14.9. The van der Waals surface area contributed by atoms with Crippen LogP contribution in [0.5, 0.6) is 0 Å². The number of ether oxygens (including phenoxy) is 1. The fraction of sp³-hybridized carbons (Fsp3) is 0.583. The van der Waals surface area contributed by atoms with Gasteiger partial charge in [-0.25, -0.2) is 4.79 Å². The van der Waals surface area contributed by atoms with E-state index in [4.69, 9.17) is 10.00 Å². The topological polar surface area (TPSA) is 128 Å². The van der Waals surface area contributed by atoms with Gasteiger partial charge in [-0.3, -0.25) is 14.3 Å². The number of aliphatic hydroxyl groups excluding tert-OH is 2. The van der Waals surface area contributed by atoms with E-state index in [0.29, 0.717) is 5.56 Å². The molecule has 1 unspecified atom stereocenters. The molecule has 0 spiro atoms. The average Bonchev–Trinajstić information content (AvgIpc) is 2.72. The minimum absolute atomic E-state index is 0.0492. The van der Waals surface area contributed by atoms with Crippen molar-refractivity contribution >= 4 is 0 Å². The Hall–Kier alpha value is -1.95. The summed E-state index contributed by atoms with van der Waals surface area (Å²) in [6.45, 7) is 1.00. The van der Waals surface area contributed by atoms with Gasteiger partial charge in [0.15, 0.2) is 0 Å². The Morgan fingerprint density at radius 3 is 2.95 bits per heavy atom. The van der Waals surface area contributed by atoms with Gasteiger partial charge in [-0.2, -0.15) is 5.26 Å². The van der Waals surface area contributed by atoms with Crippen molar-refractivity contribution in [3.8, 4) is 6.07 Å². The van der Waals surface area contributed by atoms with Crippen LogP contribution < -0.4 is 11.2 Å². The summed E-state index contributed by atoms with van der Waals surface area (Å²) in [5.74, 6) is 0. The van der Waals surface area contributed by atoms with Crippen LogP contribution >= 0.6 is 0 Å². The lowest BCUT2D eigenvalue weighted by Gasteiger charge is -2.27. The third-order valence-electron chi connectivity index (χ3n) is 3.50. The van der Waals surface area contributed by atoms with E-state index >= 15 is 0 Å². The maximum Gasteiger partial charge on any atom is 0.330 e. The van der Waals surface area contributed by atoms with Gasteiger partial charge in [-0.15, -0.1) is 0 Å². The van der Waals surface area contributed by atoms with Gasteiger partial charge in [0.25, 0.3) is 5.56 Å². The molecule has 1 aliphatic rings. The van der Waals surface area contributed by atoms with E-state index in [2.05, 4.69) is 4.98 Å². The van der Waals surface area contributed by atoms with E-state index in [1.54, 1.807) is 0 Å². The van der Waals surface area contributed by atoms with E-state index < -0.39 is 35.8 Å². The standard InChI is InChI=1S/C12H15N3O5/c1-7-5-15(11(19)14-10(7)18)9-4-8(17)12(6-16,20-9)2-3-13/h5,8-9,16-17H,2,4,6H2,1H3,(H,14,18,19)/t8?,9-,12-/m1/s1. The van der Waals surface area contributed by atoms with Gasteiger partial charge < -0.3 is 14.9 Å². The van der Waals surface area contributed by atoms with Gasteiger partial charge in [-0.05, 0) is 6.92 Å². The third kappa shape index (κ3) is 2.27. The quantitative estimate of drug-likeness (QED) is 0.636. The predicted molar refractivity (Wildman–Crippen MR) is 66.9 cm³/mol. The molecule has 108 valence electrons. The number of rotatable bonds is 3. The van der Waals surface area contributed by atoms with E-state index in [9.17, 15) is 19.8 Å². The van der Waals surface area contributed by atoms with Gasteiger partial charge >= 0.3 is 5.69 Å². The van der Waals surface area contributed by atoms with Crippen LogP contribution in [0.15, 0.2) is 15.8 Å². The normalized spacial score (nSPS) is 29.3. The summed E-state index contributed by atoms with van der Waals surface area (Å²) in [5.41, 5.74) is -2.23. The van der Waals surface area contributed by atoms with E-state index in [1.807, 2.05) is 6.07 Å². The van der Waals surface area contributed by atoms with Crippen molar-refractivity contribution in [3.05, 3.63) is 32.6 Å². The molecule has 0 aromatic carbocycles. The van der Waals surface area contributed by atoms with Crippen LogP contribution in [0.2, 0.25) is 0 Å². The maximum atomic E-state index is 11.8. The minimum atomic E-state index is -1.40. The number of hydrogen-bond donors (Lipinski definition) is 3. The van der Waals surface area contributed by atoms with Gasteiger partial charge in [0, 0.05) is 18.2 Å². The van der Waals surface area contributed by atoms with Crippen LogP contribution in [0.3, 0.4) is 0 Å². The highest BCUT2D eigenvalue weighted by atomic mass is 16.6. The van der Waals surface area contributed by atoms with Crippen molar-refractivity contribution in [2.24, 2.45) is 0 Å². The largest absolute Gasteiger partial charge is 0.393 e. The van der Waals surface area contributed by atoms with E-state index in [1.165, 1.54) is 13.1 Å². The Bertz CT molecular complexity index is 658. The zero-order valence-electron chi connectivity index (χ0n) is 10.9. The molecule has 3 N–H and O–H groups in total. The maximum absolute atomic E-state index is 11.8. The molecule has 2 heterocycles. The summed E-state index contributed by atoms with van der Waals surface area (Å²) in [4.78, 5) is 25.2. The number of nitrogens with zero attached hydrogens (tertiary/aromatic N) is 2. The lowest BCUT2D eigenvalue weighted by molar-refractivity contribution is -0.125. The number of nitriles is 1. The highest BCUT2D eigenvalue weighted by molar-refractivity contribution is 5.05. The number of hydrogen-bond acceptors (Lipinski definition) is 6. The van der Waals surface area contributed by atoms with Crippen molar-refractivity contribution in [1.82, 2.24) is 9.55 Å². The van der Waals surface area contributed by atoms with E-state index in [-0.39, 0.29) is 12.8 Å². The first-order valence-corrected chi connectivity index (χ1v) is 6.09. The molecule has 3 atom stereocenters. The van der Waals surface area contributed by atoms with Crippen molar-refractivity contribution in [1.29, 1.82) is 5.26 Å². The molecule has 1 aliphatic heterocycles. The first-order chi connectivity index (χ1) is 9.43. The molecule has 1 aromatic heterocycles. The van der Waals surface area contributed by atoms with Gasteiger partial charge in [0.05, 0.1) is 25.2 Å². The van der Waals surface area contributed by atoms with Crippen LogP contribution in [-0.4, -0.2) is 38.1 Å².